The first kappa shape index (κ1) is 15.0. The van der Waals surface area contributed by atoms with Crippen molar-refractivity contribution in [3.05, 3.63) is 29.6 Å². The molecule has 94 valence electrons. The molecule has 0 unspecified atom stereocenters. The Bertz CT molecular complexity index is 451. The highest BCUT2D eigenvalue weighted by Crippen LogP contribution is 2.19. The molecule has 0 radical (unpaired) electrons. The molecular weight excluding hydrogens is 259 g/mol. The molecule has 6 N–H and O–H groups in total. The van der Waals surface area contributed by atoms with Crippen LogP contribution < -0.4 is 16.4 Å². The highest BCUT2D eigenvalue weighted by atomic mass is 35.5. The third kappa shape index (κ3) is 3.83. The molecule has 1 aromatic carbocycles. The number of anilines is 1. The Morgan fingerprint density at radius 1 is 1.12 bits per heavy atom. The summed E-state index contributed by atoms with van der Waals surface area (Å²) in [4.78, 5) is 0. The van der Waals surface area contributed by atoms with Gasteiger partial charge >= 0.3 is 0 Å². The molecule has 0 saturated carbocycles. The van der Waals surface area contributed by atoms with Crippen molar-refractivity contribution < 1.29 is 13.2 Å². The quantitative estimate of drug-likeness (QED) is 0.302. The average Bonchev–Trinajstić information content (AvgIpc) is 2.18. The van der Waals surface area contributed by atoms with Crippen molar-refractivity contribution in [2.24, 2.45) is 5.73 Å². The number of nitrogens with one attached hydrogen (secondary N) is 4. The molecule has 0 fully saturated rings. The molecule has 0 spiro atoms. The van der Waals surface area contributed by atoms with Crippen LogP contribution in [0, 0.1) is 28.3 Å². The van der Waals surface area contributed by atoms with E-state index in [1.807, 2.05) is 5.32 Å². The molecule has 0 saturated heterocycles. The van der Waals surface area contributed by atoms with E-state index < -0.39 is 35.1 Å². The molecule has 0 bridgehead atoms. The number of hydrogen-bond acceptors (Lipinski definition) is 2. The molecule has 5 nitrogen and oxygen atoms in total. The molecule has 0 aliphatic heterocycles. The molecule has 0 aromatic heterocycles. The molecule has 0 aliphatic carbocycles. The summed E-state index contributed by atoms with van der Waals surface area (Å²) in [5, 5.41) is 18.0. The van der Waals surface area contributed by atoms with Gasteiger partial charge in [0, 0.05) is 0 Å². The van der Waals surface area contributed by atoms with Crippen LogP contribution in [0.15, 0.2) is 12.1 Å². The third-order valence-electron chi connectivity index (χ3n) is 1.55. The van der Waals surface area contributed by atoms with Gasteiger partial charge in [-0.15, -0.1) is 12.4 Å². The zero-order valence-corrected chi connectivity index (χ0v) is 9.09. The Morgan fingerprint density at radius 3 is 2.24 bits per heavy atom. The van der Waals surface area contributed by atoms with Crippen molar-refractivity contribution in [1.82, 2.24) is 5.32 Å². The smallest absolute Gasteiger partial charge is 0.199 e. The summed E-state index contributed by atoms with van der Waals surface area (Å²) in [5.74, 6) is -5.48. The SMILES string of the molecule is Cl.N=C(N)NC(=N)Nc1ccc(F)c(F)c1F. The minimum absolute atomic E-state index is 0. The predicted octanol–water partition coefficient (Wildman–Crippen LogP) is 1.36. The maximum Gasteiger partial charge on any atom is 0.199 e. The molecule has 0 aliphatic rings. The summed E-state index contributed by atoms with van der Waals surface area (Å²) in [6.07, 6.45) is 0. The van der Waals surface area contributed by atoms with E-state index in [0.29, 0.717) is 6.07 Å². The van der Waals surface area contributed by atoms with E-state index in [4.69, 9.17) is 16.6 Å². The highest BCUT2D eigenvalue weighted by Gasteiger charge is 2.13. The predicted molar refractivity (Wildman–Crippen MR) is 60.0 cm³/mol. The molecule has 1 aromatic rings. The number of rotatable bonds is 1. The Hall–Kier alpha value is -1.96. The second kappa shape index (κ2) is 5.94. The monoisotopic (exact) mass is 267 g/mol. The lowest BCUT2D eigenvalue weighted by Crippen LogP contribution is -2.39. The van der Waals surface area contributed by atoms with E-state index >= 15 is 0 Å². The first-order valence-electron chi connectivity index (χ1n) is 4.02. The summed E-state index contributed by atoms with van der Waals surface area (Å²) in [6, 6.07) is 1.63. The van der Waals surface area contributed by atoms with Gasteiger partial charge in [0.2, 0.25) is 0 Å². The molecule has 1 rings (SSSR count). The standard InChI is InChI=1S/C8H8F3N5.ClH/c9-3-1-2-4(6(11)5(3)10)15-8(14)16-7(12)13;/h1-2H,(H6,12,13,14,15,16);1H. The summed E-state index contributed by atoms with van der Waals surface area (Å²) >= 11 is 0. The average molecular weight is 268 g/mol. The van der Waals surface area contributed by atoms with Gasteiger partial charge < -0.3 is 11.1 Å². The topological polar surface area (TPSA) is 97.8 Å². The van der Waals surface area contributed by atoms with E-state index in [1.54, 1.807) is 0 Å². The van der Waals surface area contributed by atoms with E-state index in [1.165, 1.54) is 0 Å². The largest absolute Gasteiger partial charge is 0.370 e. The summed E-state index contributed by atoms with van der Waals surface area (Å²) in [6.45, 7) is 0. The minimum atomic E-state index is -1.64. The number of benzene rings is 1. The van der Waals surface area contributed by atoms with Crippen LogP contribution in [0.2, 0.25) is 0 Å². The summed E-state index contributed by atoms with van der Waals surface area (Å²) in [7, 11) is 0. The van der Waals surface area contributed by atoms with E-state index in [9.17, 15) is 13.2 Å². The van der Waals surface area contributed by atoms with Crippen LogP contribution in [0.3, 0.4) is 0 Å². The highest BCUT2D eigenvalue weighted by molar-refractivity contribution is 6.02. The molecule has 0 heterocycles. The molecule has 0 amide bonds. The van der Waals surface area contributed by atoms with Crippen LogP contribution in [0.5, 0.6) is 0 Å². The fourth-order valence-corrected chi connectivity index (χ4v) is 0.923. The van der Waals surface area contributed by atoms with Crippen molar-refractivity contribution in [2.75, 3.05) is 5.32 Å². The van der Waals surface area contributed by atoms with Crippen molar-refractivity contribution in [3.8, 4) is 0 Å². The lowest BCUT2D eigenvalue weighted by molar-refractivity contribution is 0.449. The van der Waals surface area contributed by atoms with Gasteiger partial charge in [-0.2, -0.15) is 0 Å². The summed E-state index contributed by atoms with van der Waals surface area (Å²) < 4.78 is 38.4. The van der Waals surface area contributed by atoms with Crippen LogP contribution in [0.4, 0.5) is 18.9 Å². The first-order chi connectivity index (χ1) is 7.41. The van der Waals surface area contributed by atoms with Gasteiger partial charge in [-0.25, -0.2) is 13.2 Å². The van der Waals surface area contributed by atoms with Crippen molar-refractivity contribution in [1.29, 1.82) is 10.8 Å². The Morgan fingerprint density at radius 2 is 1.71 bits per heavy atom. The molecule has 17 heavy (non-hydrogen) atoms. The van der Waals surface area contributed by atoms with Crippen LogP contribution in [0.25, 0.3) is 0 Å². The van der Waals surface area contributed by atoms with Crippen LogP contribution in [-0.2, 0) is 0 Å². The van der Waals surface area contributed by atoms with Crippen molar-refractivity contribution in [2.45, 2.75) is 0 Å². The fraction of sp³-hybridized carbons (Fsp3) is 0. The maximum absolute atomic E-state index is 13.1. The number of guanidine groups is 2. The summed E-state index contributed by atoms with van der Waals surface area (Å²) in [5.41, 5.74) is 4.47. The lowest BCUT2D eigenvalue weighted by atomic mass is 10.3. The lowest BCUT2D eigenvalue weighted by Gasteiger charge is -2.09. The van der Waals surface area contributed by atoms with Gasteiger partial charge in [0.05, 0.1) is 5.69 Å². The molecule has 9 heteroatoms. The zero-order chi connectivity index (χ0) is 12.3. The van der Waals surface area contributed by atoms with Gasteiger partial charge in [0.25, 0.3) is 0 Å². The number of hydrogen-bond donors (Lipinski definition) is 5. The number of nitrogens with two attached hydrogens (primary N) is 1. The molecule has 0 atom stereocenters. The Kier molecular flexibility index (Phi) is 5.26. The minimum Gasteiger partial charge on any atom is -0.370 e. The van der Waals surface area contributed by atoms with Crippen LogP contribution >= 0.6 is 12.4 Å². The van der Waals surface area contributed by atoms with Gasteiger partial charge in [-0.3, -0.25) is 16.1 Å². The van der Waals surface area contributed by atoms with E-state index in [-0.39, 0.29) is 12.4 Å². The van der Waals surface area contributed by atoms with Gasteiger partial charge in [-0.1, -0.05) is 0 Å². The first-order valence-corrected chi connectivity index (χ1v) is 4.02. The normalized spacial score (nSPS) is 9.12. The van der Waals surface area contributed by atoms with Crippen LogP contribution in [0.1, 0.15) is 0 Å². The zero-order valence-electron chi connectivity index (χ0n) is 8.27. The van der Waals surface area contributed by atoms with Gasteiger partial charge in [-0.05, 0) is 12.1 Å². The van der Waals surface area contributed by atoms with Crippen molar-refractivity contribution in [3.63, 3.8) is 0 Å². The Balaban J connectivity index is 0.00000256. The third-order valence-corrected chi connectivity index (χ3v) is 1.55. The Labute approximate surface area is 101 Å². The van der Waals surface area contributed by atoms with E-state index in [0.717, 1.165) is 6.07 Å². The number of halogens is 4. The van der Waals surface area contributed by atoms with Gasteiger partial charge in [0.1, 0.15) is 0 Å². The maximum atomic E-state index is 13.1. The molecular formula is C8H9ClF3N5. The second-order valence-corrected chi connectivity index (χ2v) is 2.76. The van der Waals surface area contributed by atoms with E-state index in [2.05, 4.69) is 5.32 Å². The van der Waals surface area contributed by atoms with Crippen LogP contribution in [-0.4, -0.2) is 11.9 Å². The van der Waals surface area contributed by atoms with Gasteiger partial charge in [0.15, 0.2) is 29.4 Å². The second-order valence-electron chi connectivity index (χ2n) is 2.76. The van der Waals surface area contributed by atoms with Crippen molar-refractivity contribution >= 4 is 30.0 Å². The fourth-order valence-electron chi connectivity index (χ4n) is 0.923.